The van der Waals surface area contributed by atoms with Crippen molar-refractivity contribution in [2.45, 2.75) is 32.6 Å². The molecule has 4 rings (SSSR count). The Hall–Kier alpha value is -2.87. The van der Waals surface area contributed by atoms with E-state index in [1.807, 2.05) is 0 Å². The summed E-state index contributed by atoms with van der Waals surface area (Å²) in [6, 6.07) is 20.0. The van der Waals surface area contributed by atoms with Crippen LogP contribution in [0.1, 0.15) is 38.2 Å². The first-order chi connectivity index (χ1) is 13.0. The van der Waals surface area contributed by atoms with Crippen LogP contribution in [0.25, 0.3) is 32.3 Å². The molecular weight excluding hydrogens is 332 g/mol. The molecule has 0 aliphatic heterocycles. The van der Waals surface area contributed by atoms with E-state index >= 15 is 0 Å². The first-order valence-corrected chi connectivity index (χ1v) is 9.54. The van der Waals surface area contributed by atoms with Crippen LogP contribution in [0.4, 0.5) is 0 Å². The van der Waals surface area contributed by atoms with Gasteiger partial charge in [0.2, 0.25) is 0 Å². The van der Waals surface area contributed by atoms with E-state index in [1.165, 1.54) is 37.9 Å². The molecule has 0 heterocycles. The lowest BCUT2D eigenvalue weighted by Gasteiger charge is -2.16. The van der Waals surface area contributed by atoms with E-state index in [4.69, 9.17) is 4.74 Å². The Kier molecular flexibility index (Phi) is 4.57. The molecule has 0 fully saturated rings. The van der Waals surface area contributed by atoms with Gasteiger partial charge in [-0.05, 0) is 63.6 Å². The van der Waals surface area contributed by atoms with Crippen LogP contribution >= 0.6 is 0 Å². The maximum Gasteiger partial charge on any atom is 0.333 e. The Morgan fingerprint density at radius 3 is 2.11 bits per heavy atom. The number of carbonyl (C=O) groups excluding carboxylic acids is 1. The third kappa shape index (κ3) is 3.28. The van der Waals surface area contributed by atoms with Crippen LogP contribution in [-0.4, -0.2) is 12.6 Å². The van der Waals surface area contributed by atoms with E-state index in [-0.39, 0.29) is 5.97 Å². The molecular formula is C25H24O2. The van der Waals surface area contributed by atoms with Gasteiger partial charge in [0.05, 0.1) is 6.61 Å². The molecule has 0 aliphatic rings. The molecule has 0 radical (unpaired) electrons. The van der Waals surface area contributed by atoms with Gasteiger partial charge in [-0.1, -0.05) is 68.1 Å². The maximum atomic E-state index is 11.5. The second-order valence-corrected chi connectivity index (χ2v) is 7.51. The molecule has 0 aliphatic carbocycles. The minimum absolute atomic E-state index is 0.300. The quantitative estimate of drug-likeness (QED) is 0.169. The molecule has 1 atom stereocenters. The smallest absolute Gasteiger partial charge is 0.333 e. The topological polar surface area (TPSA) is 26.3 Å². The zero-order valence-electron chi connectivity index (χ0n) is 15.9. The minimum Gasteiger partial charge on any atom is -0.462 e. The summed E-state index contributed by atoms with van der Waals surface area (Å²) in [5.41, 5.74) is 1.79. The van der Waals surface area contributed by atoms with Crippen molar-refractivity contribution in [3.63, 3.8) is 0 Å². The zero-order valence-corrected chi connectivity index (χ0v) is 15.9. The standard InChI is InChI=1S/C25H24O2/c1-16(2)25(26)27-13-5-6-17(3)22-14-20-11-9-18-7-4-8-19-10-12-21(15-22)24(20)23(18)19/h4,7-12,14-15,17H,1,5-6,13H2,2-3H3. The van der Waals surface area contributed by atoms with Crippen LogP contribution in [-0.2, 0) is 9.53 Å². The fourth-order valence-corrected chi connectivity index (χ4v) is 3.91. The van der Waals surface area contributed by atoms with Gasteiger partial charge in [-0.15, -0.1) is 0 Å². The van der Waals surface area contributed by atoms with E-state index in [0.717, 1.165) is 12.8 Å². The number of carbonyl (C=O) groups is 1. The summed E-state index contributed by atoms with van der Waals surface area (Å²) in [7, 11) is 0. The van der Waals surface area contributed by atoms with Gasteiger partial charge in [0.25, 0.3) is 0 Å². The van der Waals surface area contributed by atoms with Crippen molar-refractivity contribution in [1.29, 1.82) is 0 Å². The number of esters is 1. The number of benzene rings is 4. The summed E-state index contributed by atoms with van der Waals surface area (Å²) < 4.78 is 5.21. The van der Waals surface area contributed by atoms with Crippen LogP contribution < -0.4 is 0 Å². The van der Waals surface area contributed by atoms with Gasteiger partial charge in [-0.3, -0.25) is 0 Å². The van der Waals surface area contributed by atoms with Gasteiger partial charge in [0.15, 0.2) is 0 Å². The molecule has 0 saturated heterocycles. The van der Waals surface area contributed by atoms with Gasteiger partial charge in [-0.2, -0.15) is 0 Å². The third-order valence-electron chi connectivity index (χ3n) is 5.42. The van der Waals surface area contributed by atoms with E-state index < -0.39 is 0 Å². The number of ether oxygens (including phenoxy) is 1. The molecule has 136 valence electrons. The molecule has 0 spiro atoms. The number of hydrogen-bond donors (Lipinski definition) is 0. The number of rotatable bonds is 6. The average molecular weight is 356 g/mol. The van der Waals surface area contributed by atoms with Gasteiger partial charge >= 0.3 is 5.97 Å². The molecule has 4 aromatic rings. The summed E-state index contributed by atoms with van der Waals surface area (Å²) in [5.74, 6) is 0.112. The van der Waals surface area contributed by atoms with Gasteiger partial charge in [0, 0.05) is 5.57 Å². The highest BCUT2D eigenvalue weighted by atomic mass is 16.5. The molecule has 1 unspecified atom stereocenters. The lowest BCUT2D eigenvalue weighted by molar-refractivity contribution is -0.139. The first kappa shape index (κ1) is 17.5. The van der Waals surface area contributed by atoms with Crippen molar-refractivity contribution in [3.8, 4) is 0 Å². The van der Waals surface area contributed by atoms with Crippen molar-refractivity contribution < 1.29 is 9.53 Å². The van der Waals surface area contributed by atoms with Crippen molar-refractivity contribution in [3.05, 3.63) is 72.3 Å². The normalized spacial score (nSPS) is 12.7. The van der Waals surface area contributed by atoms with E-state index in [2.05, 4.69) is 68.1 Å². The molecule has 0 saturated carbocycles. The van der Waals surface area contributed by atoms with Crippen LogP contribution in [0.3, 0.4) is 0 Å². The van der Waals surface area contributed by atoms with Crippen molar-refractivity contribution >= 4 is 38.3 Å². The fraction of sp³-hybridized carbons (Fsp3) is 0.240. The Bertz CT molecular complexity index is 1080. The molecule has 0 bridgehead atoms. The summed E-state index contributed by atoms with van der Waals surface area (Å²) in [6.07, 6.45) is 1.84. The minimum atomic E-state index is -0.300. The third-order valence-corrected chi connectivity index (χ3v) is 5.42. The highest BCUT2D eigenvalue weighted by Crippen LogP contribution is 2.36. The van der Waals surface area contributed by atoms with Crippen molar-refractivity contribution in [2.75, 3.05) is 6.61 Å². The second kappa shape index (κ2) is 7.03. The SMILES string of the molecule is C=C(C)C(=O)OCCCC(C)c1cc2ccc3cccc4ccc(c1)c2c34. The van der Waals surface area contributed by atoms with E-state index in [1.54, 1.807) is 6.92 Å². The predicted molar refractivity (Wildman–Crippen MR) is 114 cm³/mol. The lowest BCUT2D eigenvalue weighted by Crippen LogP contribution is -2.07. The van der Waals surface area contributed by atoms with Gasteiger partial charge in [0.1, 0.15) is 0 Å². The van der Waals surface area contributed by atoms with E-state index in [0.29, 0.717) is 18.1 Å². The molecule has 0 amide bonds. The largest absolute Gasteiger partial charge is 0.462 e. The zero-order chi connectivity index (χ0) is 19.0. The summed E-state index contributed by atoms with van der Waals surface area (Å²) in [5, 5.41) is 7.91. The first-order valence-electron chi connectivity index (χ1n) is 9.54. The van der Waals surface area contributed by atoms with Crippen LogP contribution in [0.2, 0.25) is 0 Å². The average Bonchev–Trinajstić information content (AvgIpc) is 2.68. The Labute approximate surface area is 159 Å². The highest BCUT2D eigenvalue weighted by Gasteiger charge is 2.12. The highest BCUT2D eigenvalue weighted by molar-refractivity contribution is 6.23. The Balaban J connectivity index is 1.59. The molecule has 4 aromatic carbocycles. The Morgan fingerprint density at radius 1 is 0.963 bits per heavy atom. The number of hydrogen-bond acceptors (Lipinski definition) is 2. The van der Waals surface area contributed by atoms with Gasteiger partial charge < -0.3 is 4.74 Å². The van der Waals surface area contributed by atoms with Crippen LogP contribution in [0, 0.1) is 0 Å². The fourth-order valence-electron chi connectivity index (χ4n) is 3.91. The van der Waals surface area contributed by atoms with Crippen LogP contribution in [0.5, 0.6) is 0 Å². The monoisotopic (exact) mass is 356 g/mol. The molecule has 2 heteroatoms. The summed E-state index contributed by atoms with van der Waals surface area (Å²) in [4.78, 5) is 11.5. The molecule has 0 aromatic heterocycles. The maximum absolute atomic E-state index is 11.5. The second-order valence-electron chi connectivity index (χ2n) is 7.51. The summed E-state index contributed by atoms with van der Waals surface area (Å²) >= 11 is 0. The predicted octanol–water partition coefficient (Wildman–Crippen LogP) is 6.59. The van der Waals surface area contributed by atoms with Crippen LogP contribution in [0.15, 0.2) is 66.7 Å². The Morgan fingerprint density at radius 2 is 1.52 bits per heavy atom. The molecule has 2 nitrogen and oxygen atoms in total. The lowest BCUT2D eigenvalue weighted by atomic mass is 9.89. The van der Waals surface area contributed by atoms with E-state index in [9.17, 15) is 4.79 Å². The van der Waals surface area contributed by atoms with Crippen molar-refractivity contribution in [2.24, 2.45) is 0 Å². The van der Waals surface area contributed by atoms with Gasteiger partial charge in [-0.25, -0.2) is 4.79 Å². The molecule has 27 heavy (non-hydrogen) atoms. The summed E-state index contributed by atoms with van der Waals surface area (Å²) in [6.45, 7) is 7.98. The molecule has 0 N–H and O–H groups in total. The van der Waals surface area contributed by atoms with Crippen molar-refractivity contribution in [1.82, 2.24) is 0 Å².